The number of rotatable bonds is 3. The zero-order chi connectivity index (χ0) is 17.2. The summed E-state index contributed by atoms with van der Waals surface area (Å²) in [5.41, 5.74) is -2.45. The van der Waals surface area contributed by atoms with Crippen molar-refractivity contribution in [2.24, 2.45) is 0 Å². The van der Waals surface area contributed by atoms with Crippen LogP contribution in [0.15, 0.2) is 40.1 Å². The third kappa shape index (κ3) is 3.34. The lowest BCUT2D eigenvalue weighted by atomic mass is 10.1. The second-order valence-corrected chi connectivity index (χ2v) is 4.81. The molecule has 0 bridgehead atoms. The Kier molecular flexibility index (Phi) is 4.40. The molecule has 0 aliphatic carbocycles. The van der Waals surface area contributed by atoms with E-state index in [4.69, 9.17) is 5.26 Å². The molecule has 120 valence electrons. The van der Waals surface area contributed by atoms with Crippen LogP contribution in [0, 0.1) is 11.3 Å². The monoisotopic (exact) mass is 323 g/mol. The predicted octanol–water partition coefficient (Wildman–Crippen LogP) is 1.97. The Morgan fingerprint density at radius 2 is 1.96 bits per heavy atom. The SMILES string of the molecule is CCn1cc(C#N)c(=O)n(Cc2cccc(C(F)(F)F)c2)c1=O. The minimum absolute atomic E-state index is 0.150. The zero-order valence-corrected chi connectivity index (χ0v) is 12.1. The van der Waals surface area contributed by atoms with Crippen LogP contribution in [-0.2, 0) is 19.3 Å². The molecular formula is C15H12F3N3O2. The van der Waals surface area contributed by atoms with E-state index in [-0.39, 0.29) is 24.2 Å². The number of hydrogen-bond donors (Lipinski definition) is 0. The van der Waals surface area contributed by atoms with Gasteiger partial charge in [0.05, 0.1) is 12.1 Å². The van der Waals surface area contributed by atoms with Gasteiger partial charge >= 0.3 is 11.9 Å². The molecule has 2 aromatic rings. The topological polar surface area (TPSA) is 67.8 Å². The molecule has 0 saturated carbocycles. The summed E-state index contributed by atoms with van der Waals surface area (Å²) in [6, 6.07) is 6.06. The van der Waals surface area contributed by atoms with E-state index < -0.39 is 23.0 Å². The normalized spacial score (nSPS) is 11.3. The highest BCUT2D eigenvalue weighted by Crippen LogP contribution is 2.29. The molecule has 0 amide bonds. The van der Waals surface area contributed by atoms with Crippen molar-refractivity contribution in [2.45, 2.75) is 26.2 Å². The predicted molar refractivity (Wildman–Crippen MR) is 75.9 cm³/mol. The number of aromatic nitrogens is 2. The van der Waals surface area contributed by atoms with E-state index in [1.54, 1.807) is 13.0 Å². The van der Waals surface area contributed by atoms with E-state index in [0.717, 1.165) is 27.5 Å². The van der Waals surface area contributed by atoms with E-state index in [1.165, 1.54) is 12.1 Å². The first-order valence-corrected chi connectivity index (χ1v) is 6.68. The minimum Gasteiger partial charge on any atom is -0.299 e. The molecule has 0 unspecified atom stereocenters. The second-order valence-electron chi connectivity index (χ2n) is 4.81. The van der Waals surface area contributed by atoms with Crippen LogP contribution >= 0.6 is 0 Å². The largest absolute Gasteiger partial charge is 0.416 e. The van der Waals surface area contributed by atoms with Crippen molar-refractivity contribution < 1.29 is 13.2 Å². The third-order valence-electron chi connectivity index (χ3n) is 3.29. The molecule has 0 fully saturated rings. The molecule has 23 heavy (non-hydrogen) atoms. The average molecular weight is 323 g/mol. The molecule has 0 atom stereocenters. The van der Waals surface area contributed by atoms with E-state index in [0.29, 0.717) is 0 Å². The van der Waals surface area contributed by atoms with Crippen molar-refractivity contribution in [3.05, 3.63) is 68.0 Å². The van der Waals surface area contributed by atoms with Gasteiger partial charge in [0, 0.05) is 12.7 Å². The van der Waals surface area contributed by atoms with Gasteiger partial charge in [-0.05, 0) is 24.6 Å². The highest BCUT2D eigenvalue weighted by molar-refractivity contribution is 5.27. The van der Waals surface area contributed by atoms with E-state index in [9.17, 15) is 22.8 Å². The number of halogens is 3. The number of nitriles is 1. The van der Waals surface area contributed by atoms with Crippen LogP contribution in [0.3, 0.4) is 0 Å². The molecule has 0 radical (unpaired) electrons. The van der Waals surface area contributed by atoms with Crippen LogP contribution in [0.1, 0.15) is 23.6 Å². The first kappa shape index (κ1) is 16.5. The van der Waals surface area contributed by atoms with Crippen molar-refractivity contribution in [3.63, 3.8) is 0 Å². The lowest BCUT2D eigenvalue weighted by molar-refractivity contribution is -0.137. The van der Waals surface area contributed by atoms with E-state index >= 15 is 0 Å². The molecule has 1 aromatic carbocycles. The van der Waals surface area contributed by atoms with Crippen LogP contribution in [0.2, 0.25) is 0 Å². The quantitative estimate of drug-likeness (QED) is 0.867. The fourth-order valence-corrected chi connectivity index (χ4v) is 2.12. The highest BCUT2D eigenvalue weighted by atomic mass is 19.4. The lowest BCUT2D eigenvalue weighted by Crippen LogP contribution is -2.40. The minimum atomic E-state index is -4.51. The number of benzene rings is 1. The van der Waals surface area contributed by atoms with Crippen molar-refractivity contribution in [2.75, 3.05) is 0 Å². The van der Waals surface area contributed by atoms with Gasteiger partial charge in [-0.3, -0.25) is 13.9 Å². The van der Waals surface area contributed by atoms with E-state index in [2.05, 4.69) is 0 Å². The van der Waals surface area contributed by atoms with Gasteiger partial charge in [0.25, 0.3) is 5.56 Å². The molecule has 1 heterocycles. The fraction of sp³-hybridized carbons (Fsp3) is 0.267. The van der Waals surface area contributed by atoms with Gasteiger partial charge in [-0.2, -0.15) is 18.4 Å². The number of nitrogens with zero attached hydrogens (tertiary/aromatic N) is 3. The van der Waals surface area contributed by atoms with Gasteiger partial charge in [0.2, 0.25) is 0 Å². The highest BCUT2D eigenvalue weighted by Gasteiger charge is 2.30. The fourth-order valence-electron chi connectivity index (χ4n) is 2.12. The Balaban J connectivity index is 2.56. The molecule has 0 N–H and O–H groups in total. The maximum Gasteiger partial charge on any atom is 0.416 e. The molecular weight excluding hydrogens is 311 g/mol. The maximum atomic E-state index is 12.7. The summed E-state index contributed by atoms with van der Waals surface area (Å²) in [4.78, 5) is 24.2. The molecule has 8 heteroatoms. The summed E-state index contributed by atoms with van der Waals surface area (Å²) in [5.74, 6) is 0. The first-order valence-electron chi connectivity index (χ1n) is 6.68. The second kappa shape index (κ2) is 6.12. The van der Waals surface area contributed by atoms with Gasteiger partial charge in [0.1, 0.15) is 11.6 Å². The van der Waals surface area contributed by atoms with Crippen molar-refractivity contribution in [3.8, 4) is 6.07 Å². The first-order chi connectivity index (χ1) is 10.8. The Labute approximate surface area is 128 Å². The van der Waals surface area contributed by atoms with E-state index in [1.807, 2.05) is 0 Å². The summed E-state index contributed by atoms with van der Waals surface area (Å²) >= 11 is 0. The molecule has 0 aliphatic heterocycles. The van der Waals surface area contributed by atoms with Crippen LogP contribution in [-0.4, -0.2) is 9.13 Å². The summed E-state index contributed by atoms with van der Waals surface area (Å²) in [7, 11) is 0. The van der Waals surface area contributed by atoms with Gasteiger partial charge in [-0.15, -0.1) is 0 Å². The van der Waals surface area contributed by atoms with Crippen molar-refractivity contribution >= 4 is 0 Å². The Morgan fingerprint density at radius 1 is 1.26 bits per heavy atom. The Hall–Kier alpha value is -2.82. The van der Waals surface area contributed by atoms with Gasteiger partial charge < -0.3 is 0 Å². The summed E-state index contributed by atoms with van der Waals surface area (Å²) in [5, 5.41) is 8.94. The molecule has 0 saturated heterocycles. The maximum absolute atomic E-state index is 12.7. The molecule has 5 nitrogen and oxygen atoms in total. The molecule has 0 aliphatic rings. The van der Waals surface area contributed by atoms with Crippen LogP contribution in [0.4, 0.5) is 13.2 Å². The molecule has 2 rings (SSSR count). The molecule has 1 aromatic heterocycles. The smallest absolute Gasteiger partial charge is 0.299 e. The molecule has 0 spiro atoms. The van der Waals surface area contributed by atoms with Gasteiger partial charge in [0.15, 0.2) is 0 Å². The van der Waals surface area contributed by atoms with Crippen molar-refractivity contribution in [1.82, 2.24) is 9.13 Å². The van der Waals surface area contributed by atoms with Gasteiger partial charge in [-0.25, -0.2) is 4.79 Å². The number of aryl methyl sites for hydroxylation is 1. The van der Waals surface area contributed by atoms with Crippen LogP contribution in [0.25, 0.3) is 0 Å². The average Bonchev–Trinajstić information content (AvgIpc) is 2.51. The summed E-state index contributed by atoms with van der Waals surface area (Å²) < 4.78 is 40.1. The Bertz CT molecular complexity index is 889. The number of alkyl halides is 3. The van der Waals surface area contributed by atoms with Gasteiger partial charge in [-0.1, -0.05) is 12.1 Å². The standard InChI is InChI=1S/C15H12F3N3O2/c1-2-20-9-11(7-19)13(22)21(14(20)23)8-10-4-3-5-12(6-10)15(16,17)18/h3-6,9H,2,8H2,1H3. The summed E-state index contributed by atoms with van der Waals surface area (Å²) in [6.45, 7) is 1.55. The van der Waals surface area contributed by atoms with Crippen molar-refractivity contribution in [1.29, 1.82) is 5.26 Å². The van der Waals surface area contributed by atoms with Crippen LogP contribution < -0.4 is 11.2 Å². The third-order valence-corrected chi connectivity index (χ3v) is 3.29. The van der Waals surface area contributed by atoms with Crippen LogP contribution in [0.5, 0.6) is 0 Å². The number of hydrogen-bond acceptors (Lipinski definition) is 3. The summed E-state index contributed by atoms with van der Waals surface area (Å²) in [6.07, 6.45) is -3.37. The lowest BCUT2D eigenvalue weighted by Gasteiger charge is -2.11. The Morgan fingerprint density at radius 3 is 2.52 bits per heavy atom. The zero-order valence-electron chi connectivity index (χ0n) is 12.1.